The van der Waals surface area contributed by atoms with Gasteiger partial charge < -0.3 is 0 Å². The quantitative estimate of drug-likeness (QED) is 0.666. The lowest BCUT2D eigenvalue weighted by Crippen LogP contribution is -2.58. The fourth-order valence-corrected chi connectivity index (χ4v) is 8.08. The van der Waals surface area contributed by atoms with Crippen LogP contribution in [0.3, 0.4) is 0 Å². The van der Waals surface area contributed by atoms with Crippen molar-refractivity contribution >= 4 is 44.3 Å². The summed E-state index contributed by atoms with van der Waals surface area (Å²) in [6.45, 7) is 13.9. The third-order valence-electron chi connectivity index (χ3n) is 2.85. The van der Waals surface area contributed by atoms with Gasteiger partial charge in [0.05, 0.1) is 16.1 Å². The number of hydrogen-bond acceptors (Lipinski definition) is 1. The first-order valence-corrected chi connectivity index (χ1v) is 13.4. The fourth-order valence-electron chi connectivity index (χ4n) is 2.16. The van der Waals surface area contributed by atoms with Gasteiger partial charge in [-0.15, -0.1) is 12.6 Å². The van der Waals surface area contributed by atoms with Gasteiger partial charge in [0.25, 0.3) is 0 Å². The summed E-state index contributed by atoms with van der Waals surface area (Å²) in [6.07, 6.45) is 0. The summed E-state index contributed by atoms with van der Waals surface area (Å²) in [6, 6.07) is 6.13. The average Bonchev–Trinajstić information content (AvgIpc) is 2.13. The zero-order valence-corrected chi connectivity index (χ0v) is 14.5. The van der Waals surface area contributed by atoms with Crippen LogP contribution in [-0.2, 0) is 0 Å². The second-order valence-electron chi connectivity index (χ2n) is 6.53. The van der Waals surface area contributed by atoms with Crippen LogP contribution >= 0.6 is 12.6 Å². The van der Waals surface area contributed by atoms with Gasteiger partial charge in [-0.1, -0.05) is 62.7 Å². The zero-order valence-electron chi connectivity index (χ0n) is 11.6. The standard InChI is InChI=1S/C13H22OSSi2/c1-16(2,3)11-9-7-8-10(13(14)15)12(11)17(4,5)6/h7-9H,1-6H3,(H,14,15). The number of carbonyl (C=O) groups excluding carboxylic acids is 1. The van der Waals surface area contributed by atoms with Crippen LogP contribution in [0.15, 0.2) is 18.2 Å². The van der Waals surface area contributed by atoms with Crippen molar-refractivity contribution < 1.29 is 4.79 Å². The first kappa shape index (κ1) is 14.7. The number of benzene rings is 1. The molecule has 0 atom stereocenters. The van der Waals surface area contributed by atoms with Crippen LogP contribution in [0.2, 0.25) is 39.3 Å². The molecule has 17 heavy (non-hydrogen) atoms. The smallest absolute Gasteiger partial charge is 0.216 e. The lowest BCUT2D eigenvalue weighted by atomic mass is 10.2. The molecule has 0 bridgehead atoms. The van der Waals surface area contributed by atoms with E-state index < -0.39 is 16.1 Å². The van der Waals surface area contributed by atoms with E-state index >= 15 is 0 Å². The van der Waals surface area contributed by atoms with Gasteiger partial charge >= 0.3 is 0 Å². The SMILES string of the molecule is C[Si](C)(C)c1cccc(C(=O)S)c1[Si](C)(C)C. The molecule has 0 aliphatic carbocycles. The number of hydrogen-bond donors (Lipinski definition) is 1. The minimum Gasteiger partial charge on any atom is -0.282 e. The summed E-state index contributed by atoms with van der Waals surface area (Å²) >= 11 is 4.03. The van der Waals surface area contributed by atoms with Gasteiger partial charge in [-0.05, 0) is 5.19 Å². The first-order valence-electron chi connectivity index (χ1n) is 5.92. The highest BCUT2D eigenvalue weighted by molar-refractivity contribution is 7.97. The Balaban J connectivity index is 3.64. The molecule has 1 rings (SSSR count). The molecule has 0 amide bonds. The van der Waals surface area contributed by atoms with Gasteiger partial charge in [0.15, 0.2) is 0 Å². The Labute approximate surface area is 112 Å². The summed E-state index contributed by atoms with van der Waals surface area (Å²) in [4.78, 5) is 11.7. The third-order valence-corrected chi connectivity index (χ3v) is 7.42. The molecule has 0 aliphatic rings. The minimum atomic E-state index is -1.53. The Morgan fingerprint density at radius 1 is 1.00 bits per heavy atom. The molecule has 0 saturated carbocycles. The molecule has 0 N–H and O–H groups in total. The molecule has 0 radical (unpaired) electrons. The van der Waals surface area contributed by atoms with Crippen molar-refractivity contribution in [2.45, 2.75) is 39.3 Å². The van der Waals surface area contributed by atoms with Gasteiger partial charge in [0.2, 0.25) is 5.12 Å². The highest BCUT2D eigenvalue weighted by Crippen LogP contribution is 2.12. The van der Waals surface area contributed by atoms with Crippen LogP contribution in [-0.4, -0.2) is 21.3 Å². The van der Waals surface area contributed by atoms with Crippen molar-refractivity contribution in [3.63, 3.8) is 0 Å². The predicted molar refractivity (Wildman–Crippen MR) is 85.7 cm³/mol. The summed E-state index contributed by atoms with van der Waals surface area (Å²) < 4.78 is 0. The molecular formula is C13H22OSSi2. The van der Waals surface area contributed by atoms with E-state index in [2.05, 4.69) is 58.0 Å². The van der Waals surface area contributed by atoms with Gasteiger partial charge in [-0.25, -0.2) is 0 Å². The lowest BCUT2D eigenvalue weighted by Gasteiger charge is -2.29. The molecular weight excluding hydrogens is 260 g/mol. The van der Waals surface area contributed by atoms with Crippen LogP contribution in [0, 0.1) is 0 Å². The van der Waals surface area contributed by atoms with E-state index in [1.54, 1.807) is 0 Å². The molecule has 4 heteroatoms. The third kappa shape index (κ3) is 3.33. The molecule has 0 saturated heterocycles. The molecule has 1 aromatic rings. The first-order chi connectivity index (χ1) is 7.55. The Kier molecular flexibility index (Phi) is 4.11. The van der Waals surface area contributed by atoms with Gasteiger partial charge in [-0.2, -0.15) is 0 Å². The molecule has 0 aromatic heterocycles. The fraction of sp³-hybridized carbons (Fsp3) is 0.462. The van der Waals surface area contributed by atoms with E-state index in [0.717, 1.165) is 5.56 Å². The monoisotopic (exact) mass is 282 g/mol. The number of carbonyl (C=O) groups is 1. The molecule has 0 unspecified atom stereocenters. The van der Waals surface area contributed by atoms with E-state index in [-0.39, 0.29) is 5.12 Å². The van der Waals surface area contributed by atoms with Gasteiger partial charge in [-0.3, -0.25) is 4.79 Å². The second kappa shape index (κ2) is 4.74. The van der Waals surface area contributed by atoms with Crippen molar-refractivity contribution in [2.75, 3.05) is 0 Å². The summed E-state index contributed by atoms with van der Waals surface area (Å²) in [5.41, 5.74) is 0.826. The highest BCUT2D eigenvalue weighted by atomic mass is 32.1. The topological polar surface area (TPSA) is 17.1 Å². The van der Waals surface area contributed by atoms with Crippen molar-refractivity contribution in [3.8, 4) is 0 Å². The van der Waals surface area contributed by atoms with Gasteiger partial charge in [0, 0.05) is 5.56 Å². The van der Waals surface area contributed by atoms with E-state index in [1.165, 1.54) is 10.4 Å². The Morgan fingerprint density at radius 3 is 1.88 bits per heavy atom. The van der Waals surface area contributed by atoms with E-state index in [0.29, 0.717) is 0 Å². The number of rotatable bonds is 3. The minimum absolute atomic E-state index is 0.0949. The van der Waals surface area contributed by atoms with Crippen molar-refractivity contribution in [2.24, 2.45) is 0 Å². The Bertz CT molecular complexity index is 442. The van der Waals surface area contributed by atoms with Crippen LogP contribution < -0.4 is 10.4 Å². The maximum absolute atomic E-state index is 11.7. The summed E-state index contributed by atoms with van der Waals surface area (Å²) in [5.74, 6) is 0. The lowest BCUT2D eigenvalue weighted by molar-refractivity contribution is 0.109. The van der Waals surface area contributed by atoms with E-state index in [4.69, 9.17) is 0 Å². The maximum Gasteiger partial charge on any atom is 0.216 e. The molecule has 0 spiro atoms. The molecule has 0 heterocycles. The predicted octanol–water partition coefficient (Wildman–Crippen LogP) is 2.85. The van der Waals surface area contributed by atoms with Crippen LogP contribution in [0.4, 0.5) is 0 Å². The molecule has 0 fully saturated rings. The van der Waals surface area contributed by atoms with E-state index in [9.17, 15) is 4.79 Å². The Hall–Kier alpha value is -0.326. The molecule has 0 aliphatic heterocycles. The van der Waals surface area contributed by atoms with Crippen molar-refractivity contribution in [3.05, 3.63) is 23.8 Å². The van der Waals surface area contributed by atoms with Crippen LogP contribution in [0.1, 0.15) is 10.4 Å². The van der Waals surface area contributed by atoms with E-state index in [1.807, 2.05) is 12.1 Å². The molecule has 94 valence electrons. The largest absolute Gasteiger partial charge is 0.282 e. The van der Waals surface area contributed by atoms with Crippen molar-refractivity contribution in [1.29, 1.82) is 0 Å². The summed E-state index contributed by atoms with van der Waals surface area (Å²) in [7, 11) is -2.95. The van der Waals surface area contributed by atoms with Gasteiger partial charge in [0.1, 0.15) is 0 Å². The van der Waals surface area contributed by atoms with Crippen LogP contribution in [0.25, 0.3) is 0 Å². The summed E-state index contributed by atoms with van der Waals surface area (Å²) in [5, 5.41) is 2.65. The highest BCUT2D eigenvalue weighted by Gasteiger charge is 2.30. The maximum atomic E-state index is 11.7. The zero-order chi connectivity index (χ0) is 13.4. The number of thiol groups is 1. The second-order valence-corrected chi connectivity index (χ2v) is 17.0. The normalized spacial score (nSPS) is 12.6. The van der Waals surface area contributed by atoms with Crippen LogP contribution in [0.5, 0.6) is 0 Å². The Morgan fingerprint density at radius 2 is 1.53 bits per heavy atom. The van der Waals surface area contributed by atoms with Crippen molar-refractivity contribution in [1.82, 2.24) is 0 Å². The molecule has 1 nitrogen and oxygen atoms in total. The molecule has 1 aromatic carbocycles. The average molecular weight is 283 g/mol.